The molecule has 0 aliphatic carbocycles. The van der Waals surface area contributed by atoms with Crippen LogP contribution in [0.15, 0.2) is 41.1 Å². The molecular formula is C20H21FN4O2. The summed E-state index contributed by atoms with van der Waals surface area (Å²) in [5.74, 6) is 0.0500. The van der Waals surface area contributed by atoms with Gasteiger partial charge in [0.15, 0.2) is 5.76 Å². The van der Waals surface area contributed by atoms with Gasteiger partial charge in [-0.25, -0.2) is 4.39 Å². The maximum atomic E-state index is 13.6. The van der Waals surface area contributed by atoms with Crippen molar-refractivity contribution in [1.82, 2.24) is 19.8 Å². The summed E-state index contributed by atoms with van der Waals surface area (Å²) in [5, 5.41) is 8.59. The fourth-order valence-electron chi connectivity index (χ4n) is 3.68. The molecule has 0 spiro atoms. The van der Waals surface area contributed by atoms with Crippen LogP contribution in [0.2, 0.25) is 0 Å². The highest BCUT2D eigenvalue weighted by atomic mass is 19.1. The monoisotopic (exact) mass is 368 g/mol. The lowest BCUT2D eigenvalue weighted by Gasteiger charge is -2.35. The van der Waals surface area contributed by atoms with Crippen LogP contribution in [-0.2, 0) is 7.05 Å². The van der Waals surface area contributed by atoms with Crippen molar-refractivity contribution < 1.29 is 13.7 Å². The molecule has 1 aliphatic rings. The van der Waals surface area contributed by atoms with Gasteiger partial charge in [0, 0.05) is 31.4 Å². The minimum Gasteiger partial charge on any atom is -0.356 e. The van der Waals surface area contributed by atoms with E-state index in [0.29, 0.717) is 17.9 Å². The highest BCUT2D eigenvalue weighted by molar-refractivity contribution is 5.94. The first kappa shape index (κ1) is 17.5. The largest absolute Gasteiger partial charge is 0.356 e. The average Bonchev–Trinajstić information content (AvgIpc) is 3.26. The lowest BCUT2D eigenvalue weighted by molar-refractivity contribution is 0.0605. The maximum Gasteiger partial charge on any atom is 0.254 e. The first-order chi connectivity index (χ1) is 13.0. The van der Waals surface area contributed by atoms with Gasteiger partial charge in [-0.3, -0.25) is 9.48 Å². The smallest absolute Gasteiger partial charge is 0.254 e. The highest BCUT2D eigenvalue weighted by Gasteiger charge is 2.33. The number of hydrogen-bond acceptors (Lipinski definition) is 4. The average molecular weight is 368 g/mol. The Morgan fingerprint density at radius 1 is 1.30 bits per heavy atom. The van der Waals surface area contributed by atoms with Crippen molar-refractivity contribution >= 4 is 5.91 Å². The molecule has 0 radical (unpaired) electrons. The Kier molecular flexibility index (Phi) is 4.51. The first-order valence-corrected chi connectivity index (χ1v) is 9.06. The van der Waals surface area contributed by atoms with Gasteiger partial charge in [0.1, 0.15) is 5.82 Å². The Labute approximate surface area is 156 Å². The van der Waals surface area contributed by atoms with Crippen LogP contribution in [0.4, 0.5) is 4.39 Å². The molecule has 4 rings (SSSR count). The molecule has 6 nitrogen and oxygen atoms in total. The second-order valence-corrected chi connectivity index (χ2v) is 6.95. The van der Waals surface area contributed by atoms with Crippen LogP contribution >= 0.6 is 0 Å². The van der Waals surface area contributed by atoms with E-state index in [-0.39, 0.29) is 11.9 Å². The Morgan fingerprint density at radius 3 is 2.89 bits per heavy atom. The Morgan fingerprint density at radius 2 is 2.15 bits per heavy atom. The summed E-state index contributed by atoms with van der Waals surface area (Å²) in [6, 6.07) is 7.51. The minimum absolute atomic E-state index is 0.176. The molecule has 1 atom stereocenters. The molecule has 1 aromatic carbocycles. The number of halogens is 1. The van der Waals surface area contributed by atoms with Gasteiger partial charge in [-0.15, -0.1) is 0 Å². The van der Waals surface area contributed by atoms with Gasteiger partial charge in [-0.05, 0) is 44.4 Å². The second-order valence-electron chi connectivity index (χ2n) is 6.95. The third-order valence-electron chi connectivity index (χ3n) is 4.90. The van der Waals surface area contributed by atoms with E-state index in [1.54, 1.807) is 21.7 Å². The zero-order valence-corrected chi connectivity index (χ0v) is 15.4. The molecule has 3 aromatic rings. The summed E-state index contributed by atoms with van der Waals surface area (Å²) >= 11 is 0. The van der Waals surface area contributed by atoms with E-state index in [4.69, 9.17) is 4.52 Å². The molecule has 1 fully saturated rings. The lowest BCUT2D eigenvalue weighted by atomic mass is 9.95. The van der Waals surface area contributed by atoms with E-state index in [2.05, 4.69) is 10.3 Å². The normalized spacial score (nSPS) is 17.3. The second kappa shape index (κ2) is 6.98. The van der Waals surface area contributed by atoms with Crippen molar-refractivity contribution in [3.63, 3.8) is 0 Å². The van der Waals surface area contributed by atoms with E-state index < -0.39 is 5.82 Å². The zero-order valence-electron chi connectivity index (χ0n) is 15.4. The fraction of sp³-hybridized carbons (Fsp3) is 0.350. The number of amides is 1. The standard InChI is InChI=1S/C20H21FN4O2/c1-13-10-18(27-23-13)16-12-24(2)22-19(16)17-8-3-4-9-25(17)20(26)14-6-5-7-15(21)11-14/h5-7,10-12,17H,3-4,8-9H2,1-2H3/t17-/m0/s1. The summed E-state index contributed by atoms with van der Waals surface area (Å²) in [6.45, 7) is 2.48. The van der Waals surface area contributed by atoms with E-state index in [1.165, 1.54) is 12.1 Å². The Balaban J connectivity index is 1.72. The van der Waals surface area contributed by atoms with Gasteiger partial charge < -0.3 is 9.42 Å². The molecule has 140 valence electrons. The lowest BCUT2D eigenvalue weighted by Crippen LogP contribution is -2.39. The summed E-state index contributed by atoms with van der Waals surface area (Å²) < 4.78 is 20.8. The molecule has 3 heterocycles. The summed E-state index contributed by atoms with van der Waals surface area (Å²) in [6.07, 6.45) is 4.61. The van der Waals surface area contributed by atoms with E-state index in [9.17, 15) is 9.18 Å². The van der Waals surface area contributed by atoms with Crippen molar-refractivity contribution in [2.45, 2.75) is 32.2 Å². The van der Waals surface area contributed by atoms with E-state index in [0.717, 1.165) is 36.2 Å². The highest BCUT2D eigenvalue weighted by Crippen LogP contribution is 2.37. The van der Waals surface area contributed by atoms with Crippen molar-refractivity contribution in [1.29, 1.82) is 0 Å². The van der Waals surface area contributed by atoms with Gasteiger partial charge in [0.25, 0.3) is 5.91 Å². The predicted octanol–water partition coefficient (Wildman–Crippen LogP) is 3.89. The number of piperidine rings is 1. The number of carbonyl (C=O) groups excluding carboxylic acids is 1. The number of aromatic nitrogens is 3. The molecule has 1 saturated heterocycles. The van der Waals surface area contributed by atoms with Crippen molar-refractivity contribution in [2.75, 3.05) is 6.54 Å². The first-order valence-electron chi connectivity index (χ1n) is 9.06. The molecule has 0 saturated carbocycles. The molecular weight excluding hydrogens is 347 g/mol. The number of aryl methyl sites for hydroxylation is 2. The van der Waals surface area contributed by atoms with Gasteiger partial charge in [0.05, 0.1) is 23.0 Å². The third kappa shape index (κ3) is 3.37. The van der Waals surface area contributed by atoms with Gasteiger partial charge in [-0.1, -0.05) is 11.2 Å². The van der Waals surface area contributed by atoms with Crippen LogP contribution in [0.1, 0.15) is 47.1 Å². The van der Waals surface area contributed by atoms with Crippen LogP contribution in [-0.4, -0.2) is 32.3 Å². The van der Waals surface area contributed by atoms with Crippen LogP contribution in [0, 0.1) is 12.7 Å². The molecule has 1 aliphatic heterocycles. The number of nitrogens with zero attached hydrogens (tertiary/aromatic N) is 4. The minimum atomic E-state index is -0.412. The van der Waals surface area contributed by atoms with Crippen molar-refractivity contribution in [3.8, 4) is 11.3 Å². The van der Waals surface area contributed by atoms with Gasteiger partial charge >= 0.3 is 0 Å². The van der Waals surface area contributed by atoms with Gasteiger partial charge in [-0.2, -0.15) is 5.10 Å². The molecule has 0 N–H and O–H groups in total. The Hall–Kier alpha value is -2.96. The van der Waals surface area contributed by atoms with Crippen molar-refractivity contribution in [2.24, 2.45) is 7.05 Å². The summed E-state index contributed by atoms with van der Waals surface area (Å²) in [4.78, 5) is 14.9. The van der Waals surface area contributed by atoms with Crippen LogP contribution in [0.3, 0.4) is 0 Å². The molecule has 27 heavy (non-hydrogen) atoms. The van der Waals surface area contributed by atoms with E-state index >= 15 is 0 Å². The number of rotatable bonds is 3. The molecule has 7 heteroatoms. The van der Waals surface area contributed by atoms with Crippen LogP contribution in [0.5, 0.6) is 0 Å². The third-order valence-corrected chi connectivity index (χ3v) is 4.90. The number of likely N-dealkylation sites (tertiary alicyclic amines) is 1. The number of hydrogen-bond donors (Lipinski definition) is 0. The fourth-order valence-corrected chi connectivity index (χ4v) is 3.68. The van der Waals surface area contributed by atoms with E-state index in [1.807, 2.05) is 26.2 Å². The molecule has 1 amide bonds. The SMILES string of the molecule is Cc1cc(-c2cn(C)nc2[C@@H]2CCCCN2C(=O)c2cccc(F)c2)on1. The summed E-state index contributed by atoms with van der Waals surface area (Å²) in [7, 11) is 1.85. The topological polar surface area (TPSA) is 64.2 Å². The zero-order chi connectivity index (χ0) is 19.0. The number of benzene rings is 1. The van der Waals surface area contributed by atoms with Crippen molar-refractivity contribution in [3.05, 3.63) is 59.3 Å². The van der Waals surface area contributed by atoms with Crippen LogP contribution < -0.4 is 0 Å². The predicted molar refractivity (Wildman–Crippen MR) is 97.5 cm³/mol. The molecule has 0 unspecified atom stereocenters. The molecule has 0 bridgehead atoms. The van der Waals surface area contributed by atoms with Crippen LogP contribution in [0.25, 0.3) is 11.3 Å². The maximum absolute atomic E-state index is 13.6. The quantitative estimate of drug-likeness (QED) is 0.704. The summed E-state index contributed by atoms with van der Waals surface area (Å²) in [5.41, 5.74) is 2.77. The van der Waals surface area contributed by atoms with Gasteiger partial charge in [0.2, 0.25) is 0 Å². The number of carbonyl (C=O) groups is 1. The molecule has 2 aromatic heterocycles. The Bertz CT molecular complexity index is 978.